The van der Waals surface area contributed by atoms with Crippen molar-refractivity contribution in [1.29, 1.82) is 0 Å². The average Bonchev–Trinajstić information content (AvgIpc) is 2.99. The zero-order valence-corrected chi connectivity index (χ0v) is 13.1. The van der Waals surface area contributed by atoms with Crippen LogP contribution in [0.4, 0.5) is 23.0 Å². The van der Waals surface area contributed by atoms with Crippen LogP contribution in [0.1, 0.15) is 15.9 Å². The number of aromatic nitrogens is 2. The van der Waals surface area contributed by atoms with Gasteiger partial charge in [-0.15, -0.1) is 0 Å². The van der Waals surface area contributed by atoms with Gasteiger partial charge in [-0.25, -0.2) is 4.99 Å². The summed E-state index contributed by atoms with van der Waals surface area (Å²) in [6.07, 6.45) is 1.48. The number of nitrogen functional groups attached to an aromatic ring is 1. The summed E-state index contributed by atoms with van der Waals surface area (Å²) in [5.74, 6) is -0.165. The number of nitrogens with two attached hydrogens (primary N) is 2. The standard InChI is InChI=1S/C17H16N6O2/c18-12-8-10(6-7-13(12)24)9-20-16-14(15(19)25)17(23-22-16)21-11-4-2-1-3-5-11/h1-9,24H,18H2,(H2,19,25)(H2,21,22,23). The number of H-pyrrole nitrogens is 1. The summed E-state index contributed by atoms with van der Waals surface area (Å²) >= 11 is 0. The second-order valence-electron chi connectivity index (χ2n) is 5.23. The molecule has 126 valence electrons. The lowest BCUT2D eigenvalue weighted by atomic mass is 10.2. The Morgan fingerprint density at radius 2 is 2.00 bits per heavy atom. The molecule has 0 unspecified atom stereocenters. The van der Waals surface area contributed by atoms with Crippen LogP contribution in [0, 0.1) is 0 Å². The maximum atomic E-state index is 11.8. The fourth-order valence-electron chi connectivity index (χ4n) is 2.20. The number of phenolic OH excluding ortho intramolecular Hbond substituents is 1. The zero-order valence-electron chi connectivity index (χ0n) is 13.1. The van der Waals surface area contributed by atoms with Gasteiger partial charge in [0, 0.05) is 11.9 Å². The smallest absolute Gasteiger partial charge is 0.256 e. The molecule has 0 aliphatic carbocycles. The monoisotopic (exact) mass is 336 g/mol. The van der Waals surface area contributed by atoms with Gasteiger partial charge in [0.25, 0.3) is 5.91 Å². The van der Waals surface area contributed by atoms with Crippen LogP contribution in [-0.4, -0.2) is 27.4 Å². The van der Waals surface area contributed by atoms with Gasteiger partial charge in [0.2, 0.25) is 0 Å². The van der Waals surface area contributed by atoms with E-state index in [1.807, 2.05) is 30.3 Å². The maximum Gasteiger partial charge on any atom is 0.256 e. The molecule has 0 aliphatic rings. The van der Waals surface area contributed by atoms with Crippen LogP contribution in [0.3, 0.4) is 0 Å². The highest BCUT2D eigenvalue weighted by atomic mass is 16.3. The number of phenols is 1. The van der Waals surface area contributed by atoms with E-state index in [-0.39, 0.29) is 22.8 Å². The normalized spacial score (nSPS) is 10.9. The lowest BCUT2D eigenvalue weighted by Gasteiger charge is -2.04. The summed E-state index contributed by atoms with van der Waals surface area (Å²) < 4.78 is 0. The summed E-state index contributed by atoms with van der Waals surface area (Å²) in [4.78, 5) is 16.0. The number of primary amides is 1. The predicted molar refractivity (Wildman–Crippen MR) is 96.6 cm³/mol. The summed E-state index contributed by atoms with van der Waals surface area (Å²) in [6.45, 7) is 0. The van der Waals surface area contributed by atoms with Crippen molar-refractivity contribution in [2.75, 3.05) is 11.1 Å². The van der Waals surface area contributed by atoms with Crippen molar-refractivity contribution < 1.29 is 9.90 Å². The van der Waals surface area contributed by atoms with Crippen LogP contribution in [-0.2, 0) is 0 Å². The minimum atomic E-state index is -0.662. The number of aliphatic imine (C=N–C) groups is 1. The van der Waals surface area contributed by atoms with E-state index in [1.165, 1.54) is 12.3 Å². The molecule has 25 heavy (non-hydrogen) atoms. The lowest BCUT2D eigenvalue weighted by molar-refractivity contribution is 0.100. The van der Waals surface area contributed by atoms with Crippen molar-refractivity contribution in [3.8, 4) is 5.75 Å². The molecule has 1 amide bonds. The maximum absolute atomic E-state index is 11.8. The fraction of sp³-hybridized carbons (Fsp3) is 0. The average molecular weight is 336 g/mol. The molecule has 3 aromatic rings. The Bertz CT molecular complexity index is 934. The van der Waals surface area contributed by atoms with Gasteiger partial charge in [0.05, 0.1) is 5.69 Å². The van der Waals surface area contributed by atoms with Gasteiger partial charge in [-0.05, 0) is 35.9 Å². The van der Waals surface area contributed by atoms with Crippen molar-refractivity contribution in [2.24, 2.45) is 10.7 Å². The first kappa shape index (κ1) is 16.1. The van der Waals surface area contributed by atoms with E-state index in [4.69, 9.17) is 11.5 Å². The second kappa shape index (κ2) is 6.75. The van der Waals surface area contributed by atoms with Crippen LogP contribution < -0.4 is 16.8 Å². The minimum absolute atomic E-state index is 0.0101. The molecule has 8 nitrogen and oxygen atoms in total. The van der Waals surface area contributed by atoms with Crippen molar-refractivity contribution in [3.63, 3.8) is 0 Å². The van der Waals surface area contributed by atoms with Gasteiger partial charge in [-0.3, -0.25) is 9.89 Å². The number of para-hydroxylation sites is 1. The quantitative estimate of drug-likeness (QED) is 0.276. The first-order chi connectivity index (χ1) is 12.0. The van der Waals surface area contributed by atoms with Crippen LogP contribution in [0.5, 0.6) is 5.75 Å². The van der Waals surface area contributed by atoms with E-state index in [1.54, 1.807) is 12.1 Å². The molecular weight excluding hydrogens is 320 g/mol. The van der Waals surface area contributed by atoms with Gasteiger partial charge in [0.15, 0.2) is 5.82 Å². The molecule has 2 aromatic carbocycles. The molecule has 3 rings (SSSR count). The zero-order chi connectivity index (χ0) is 17.8. The van der Waals surface area contributed by atoms with Crippen LogP contribution in [0.15, 0.2) is 53.5 Å². The third kappa shape index (κ3) is 3.58. The molecule has 1 aromatic heterocycles. The molecule has 0 saturated heterocycles. The van der Waals surface area contributed by atoms with E-state index in [9.17, 15) is 9.90 Å². The Kier molecular flexibility index (Phi) is 4.34. The van der Waals surface area contributed by atoms with Gasteiger partial charge in [0.1, 0.15) is 17.1 Å². The molecule has 0 fully saturated rings. The number of benzene rings is 2. The molecule has 1 heterocycles. The van der Waals surface area contributed by atoms with E-state index >= 15 is 0 Å². The molecule has 8 heteroatoms. The first-order valence-corrected chi connectivity index (χ1v) is 7.37. The van der Waals surface area contributed by atoms with E-state index in [2.05, 4.69) is 20.5 Å². The Labute approximate surface area is 143 Å². The summed E-state index contributed by atoms with van der Waals surface area (Å²) in [5.41, 5.74) is 12.9. The number of rotatable bonds is 5. The highest BCUT2D eigenvalue weighted by Crippen LogP contribution is 2.26. The number of carbonyl (C=O) groups is 1. The molecule has 0 atom stereocenters. The molecule has 0 aliphatic heterocycles. The Morgan fingerprint density at radius 3 is 2.68 bits per heavy atom. The highest BCUT2D eigenvalue weighted by molar-refractivity contribution is 6.03. The van der Waals surface area contributed by atoms with E-state index < -0.39 is 5.91 Å². The second-order valence-corrected chi connectivity index (χ2v) is 5.23. The number of nitrogens with one attached hydrogen (secondary N) is 2. The molecule has 0 radical (unpaired) electrons. The van der Waals surface area contributed by atoms with E-state index in [0.29, 0.717) is 11.4 Å². The number of hydrogen-bond donors (Lipinski definition) is 5. The Balaban J connectivity index is 1.90. The summed E-state index contributed by atoms with van der Waals surface area (Å²) in [5, 5.41) is 19.2. The molecule has 7 N–H and O–H groups in total. The molecule has 0 spiro atoms. The van der Waals surface area contributed by atoms with Gasteiger partial charge in [-0.1, -0.05) is 18.2 Å². The number of nitrogens with zero attached hydrogens (tertiary/aromatic N) is 2. The van der Waals surface area contributed by atoms with E-state index in [0.717, 1.165) is 5.69 Å². The van der Waals surface area contributed by atoms with Crippen molar-refractivity contribution in [2.45, 2.75) is 0 Å². The summed E-state index contributed by atoms with van der Waals surface area (Å²) in [7, 11) is 0. The predicted octanol–water partition coefficient (Wildman–Crippen LogP) is 2.29. The first-order valence-electron chi connectivity index (χ1n) is 7.37. The number of aromatic hydroxyl groups is 1. The third-order valence-electron chi connectivity index (χ3n) is 3.42. The van der Waals surface area contributed by atoms with Crippen LogP contribution >= 0.6 is 0 Å². The van der Waals surface area contributed by atoms with Gasteiger partial charge >= 0.3 is 0 Å². The largest absolute Gasteiger partial charge is 0.506 e. The minimum Gasteiger partial charge on any atom is -0.506 e. The SMILES string of the molecule is NC(=O)c1c(N=Cc2ccc(O)c(N)c2)n[nH]c1Nc1ccccc1. The molecule has 0 saturated carbocycles. The molecule has 0 bridgehead atoms. The summed E-state index contributed by atoms with van der Waals surface area (Å²) in [6, 6.07) is 13.9. The van der Waals surface area contributed by atoms with Crippen molar-refractivity contribution in [3.05, 3.63) is 59.7 Å². The number of aromatic amines is 1. The number of hydrogen-bond acceptors (Lipinski definition) is 6. The number of amides is 1. The highest BCUT2D eigenvalue weighted by Gasteiger charge is 2.18. The number of carbonyl (C=O) groups excluding carboxylic acids is 1. The lowest BCUT2D eigenvalue weighted by Crippen LogP contribution is -2.12. The topological polar surface area (TPSA) is 142 Å². The van der Waals surface area contributed by atoms with Crippen molar-refractivity contribution >= 4 is 35.1 Å². The fourth-order valence-corrected chi connectivity index (χ4v) is 2.20. The third-order valence-corrected chi connectivity index (χ3v) is 3.42. The Hall–Kier alpha value is -3.81. The number of anilines is 3. The van der Waals surface area contributed by atoms with Crippen LogP contribution in [0.25, 0.3) is 0 Å². The molecular formula is C17H16N6O2. The van der Waals surface area contributed by atoms with Gasteiger partial charge < -0.3 is 21.9 Å². The van der Waals surface area contributed by atoms with Crippen LogP contribution in [0.2, 0.25) is 0 Å². The Morgan fingerprint density at radius 1 is 1.24 bits per heavy atom. The van der Waals surface area contributed by atoms with Crippen molar-refractivity contribution in [1.82, 2.24) is 10.2 Å². The van der Waals surface area contributed by atoms with Gasteiger partial charge in [-0.2, -0.15) is 5.10 Å².